The van der Waals surface area contributed by atoms with Crippen molar-refractivity contribution >= 4 is 29.3 Å². The summed E-state index contributed by atoms with van der Waals surface area (Å²) in [5.74, 6) is 1.30. The molecular formula is C21H22N2O5. The van der Waals surface area contributed by atoms with Crippen LogP contribution in [-0.2, 0) is 9.59 Å². The van der Waals surface area contributed by atoms with Crippen molar-refractivity contribution in [2.75, 3.05) is 24.4 Å². The van der Waals surface area contributed by atoms with Crippen molar-refractivity contribution in [2.24, 2.45) is 0 Å². The standard InChI is InChI=1S/C21H22N2O5/c1-4-27-19-11-14(5-8-18(19)26-3)6-10-20(24)22-15-7-9-17-16(12-15)23-21(25)13(2)28-17/h5-13H,4H2,1-3H3,(H,22,24)(H,23,25)/b10-6+/t13-/m0/s1. The van der Waals surface area contributed by atoms with Crippen LogP contribution in [0.3, 0.4) is 0 Å². The summed E-state index contributed by atoms with van der Waals surface area (Å²) in [5, 5.41) is 5.51. The first kappa shape index (κ1) is 19.3. The lowest BCUT2D eigenvalue weighted by Crippen LogP contribution is -2.34. The molecule has 146 valence electrons. The van der Waals surface area contributed by atoms with Crippen LogP contribution < -0.4 is 24.8 Å². The quantitative estimate of drug-likeness (QED) is 0.747. The molecule has 0 fully saturated rings. The maximum absolute atomic E-state index is 12.2. The number of fused-ring (bicyclic) bond motifs is 1. The smallest absolute Gasteiger partial charge is 0.265 e. The number of methoxy groups -OCH3 is 1. The zero-order chi connectivity index (χ0) is 20.1. The van der Waals surface area contributed by atoms with E-state index >= 15 is 0 Å². The van der Waals surface area contributed by atoms with E-state index in [4.69, 9.17) is 14.2 Å². The third kappa shape index (κ3) is 4.43. The lowest BCUT2D eigenvalue weighted by molar-refractivity contribution is -0.122. The molecule has 0 aliphatic carbocycles. The summed E-state index contributed by atoms with van der Waals surface area (Å²) in [6.07, 6.45) is 2.57. The van der Waals surface area contributed by atoms with Crippen molar-refractivity contribution in [2.45, 2.75) is 20.0 Å². The third-order valence-corrected chi connectivity index (χ3v) is 4.09. The van der Waals surface area contributed by atoms with Gasteiger partial charge in [-0.3, -0.25) is 9.59 Å². The molecule has 0 radical (unpaired) electrons. The van der Waals surface area contributed by atoms with E-state index in [9.17, 15) is 9.59 Å². The van der Waals surface area contributed by atoms with E-state index in [1.807, 2.05) is 13.0 Å². The maximum atomic E-state index is 12.2. The number of benzene rings is 2. The second-order valence-corrected chi connectivity index (χ2v) is 6.13. The summed E-state index contributed by atoms with van der Waals surface area (Å²) >= 11 is 0. The van der Waals surface area contributed by atoms with E-state index in [0.717, 1.165) is 5.56 Å². The Morgan fingerprint density at radius 1 is 1.25 bits per heavy atom. The summed E-state index contributed by atoms with van der Waals surface area (Å²) in [6.45, 7) is 4.08. The summed E-state index contributed by atoms with van der Waals surface area (Å²) < 4.78 is 16.3. The number of amides is 2. The van der Waals surface area contributed by atoms with Crippen molar-refractivity contribution in [1.82, 2.24) is 0 Å². The first-order chi connectivity index (χ1) is 13.5. The fourth-order valence-electron chi connectivity index (χ4n) is 2.71. The SMILES string of the molecule is CCOc1cc(/C=C/C(=O)Nc2ccc3c(c2)NC(=O)[C@H](C)O3)ccc1OC. The number of ether oxygens (including phenoxy) is 3. The Morgan fingerprint density at radius 2 is 2.07 bits per heavy atom. The highest BCUT2D eigenvalue weighted by molar-refractivity contribution is 6.03. The van der Waals surface area contributed by atoms with E-state index in [1.54, 1.807) is 50.4 Å². The molecule has 0 saturated heterocycles. The Kier molecular flexibility index (Phi) is 5.84. The number of hydrogen-bond donors (Lipinski definition) is 2. The molecule has 1 aliphatic rings. The Hall–Kier alpha value is -3.48. The highest BCUT2D eigenvalue weighted by atomic mass is 16.5. The predicted molar refractivity (Wildman–Crippen MR) is 107 cm³/mol. The van der Waals surface area contributed by atoms with Crippen molar-refractivity contribution in [3.05, 3.63) is 48.0 Å². The molecule has 1 atom stereocenters. The molecule has 7 nitrogen and oxygen atoms in total. The van der Waals surface area contributed by atoms with Crippen LogP contribution in [0.2, 0.25) is 0 Å². The fourth-order valence-corrected chi connectivity index (χ4v) is 2.71. The van der Waals surface area contributed by atoms with Crippen LogP contribution in [0.4, 0.5) is 11.4 Å². The van der Waals surface area contributed by atoms with Crippen molar-refractivity contribution < 1.29 is 23.8 Å². The zero-order valence-corrected chi connectivity index (χ0v) is 15.9. The van der Waals surface area contributed by atoms with E-state index in [1.165, 1.54) is 6.08 Å². The number of carbonyl (C=O) groups is 2. The van der Waals surface area contributed by atoms with Gasteiger partial charge in [-0.2, -0.15) is 0 Å². The molecule has 0 aromatic heterocycles. The minimum Gasteiger partial charge on any atom is -0.493 e. The van der Waals surface area contributed by atoms with Crippen LogP contribution in [-0.4, -0.2) is 31.6 Å². The van der Waals surface area contributed by atoms with Gasteiger partial charge in [0.2, 0.25) is 5.91 Å². The normalized spacial score (nSPS) is 15.4. The Bertz CT molecular complexity index is 923. The molecule has 3 rings (SSSR count). The first-order valence-corrected chi connectivity index (χ1v) is 8.91. The highest BCUT2D eigenvalue weighted by Crippen LogP contribution is 2.32. The number of nitrogens with one attached hydrogen (secondary N) is 2. The van der Waals surface area contributed by atoms with Crippen LogP contribution in [0.5, 0.6) is 17.2 Å². The zero-order valence-electron chi connectivity index (χ0n) is 15.9. The molecule has 0 spiro atoms. The van der Waals surface area contributed by atoms with Gasteiger partial charge in [-0.15, -0.1) is 0 Å². The minimum absolute atomic E-state index is 0.222. The summed E-state index contributed by atoms with van der Waals surface area (Å²) in [7, 11) is 1.58. The molecule has 7 heteroatoms. The number of anilines is 2. The molecule has 2 aromatic rings. The first-order valence-electron chi connectivity index (χ1n) is 8.91. The average molecular weight is 382 g/mol. The highest BCUT2D eigenvalue weighted by Gasteiger charge is 2.23. The van der Waals surface area contributed by atoms with Crippen molar-refractivity contribution in [1.29, 1.82) is 0 Å². The van der Waals surface area contributed by atoms with E-state index < -0.39 is 6.10 Å². The molecule has 0 bridgehead atoms. The maximum Gasteiger partial charge on any atom is 0.265 e. The molecule has 2 aromatic carbocycles. The van der Waals surface area contributed by atoms with Gasteiger partial charge in [-0.1, -0.05) is 6.07 Å². The van der Waals surface area contributed by atoms with Gasteiger partial charge in [0, 0.05) is 11.8 Å². The Balaban J connectivity index is 1.68. The number of hydrogen-bond acceptors (Lipinski definition) is 5. The number of rotatable bonds is 6. The molecular weight excluding hydrogens is 360 g/mol. The monoisotopic (exact) mass is 382 g/mol. The van der Waals surface area contributed by atoms with E-state index in [2.05, 4.69) is 10.6 Å². The molecule has 2 amide bonds. The molecule has 0 unspecified atom stereocenters. The molecule has 2 N–H and O–H groups in total. The van der Waals surface area contributed by atoms with Gasteiger partial charge in [0.1, 0.15) is 5.75 Å². The topological polar surface area (TPSA) is 85.9 Å². The van der Waals surface area contributed by atoms with Crippen LogP contribution >= 0.6 is 0 Å². The van der Waals surface area contributed by atoms with E-state index in [-0.39, 0.29) is 11.8 Å². The van der Waals surface area contributed by atoms with Crippen molar-refractivity contribution in [3.8, 4) is 17.2 Å². The van der Waals surface area contributed by atoms with Gasteiger partial charge >= 0.3 is 0 Å². The van der Waals surface area contributed by atoms with Gasteiger partial charge in [-0.25, -0.2) is 0 Å². The Labute approximate surface area is 163 Å². The number of carbonyl (C=O) groups excluding carboxylic acids is 2. The predicted octanol–water partition coefficient (Wildman–Crippen LogP) is 3.47. The van der Waals surface area contributed by atoms with Gasteiger partial charge in [0.05, 0.1) is 19.4 Å². The largest absolute Gasteiger partial charge is 0.493 e. The average Bonchev–Trinajstić information content (AvgIpc) is 2.68. The molecule has 0 saturated carbocycles. The van der Waals surface area contributed by atoms with Gasteiger partial charge in [0.25, 0.3) is 5.91 Å². The minimum atomic E-state index is -0.540. The summed E-state index contributed by atoms with van der Waals surface area (Å²) in [5.41, 5.74) is 1.89. The van der Waals surface area contributed by atoms with Gasteiger partial charge < -0.3 is 24.8 Å². The van der Waals surface area contributed by atoms with Crippen LogP contribution in [0, 0.1) is 0 Å². The fraction of sp³-hybridized carbons (Fsp3) is 0.238. The second kappa shape index (κ2) is 8.47. The van der Waals surface area contributed by atoms with Gasteiger partial charge in [0.15, 0.2) is 17.6 Å². The van der Waals surface area contributed by atoms with Gasteiger partial charge in [-0.05, 0) is 55.8 Å². The lowest BCUT2D eigenvalue weighted by atomic mass is 10.2. The van der Waals surface area contributed by atoms with Crippen LogP contribution in [0.1, 0.15) is 19.4 Å². The van der Waals surface area contributed by atoms with Crippen LogP contribution in [0.25, 0.3) is 6.08 Å². The summed E-state index contributed by atoms with van der Waals surface area (Å²) in [6, 6.07) is 10.5. The third-order valence-electron chi connectivity index (χ3n) is 4.09. The Morgan fingerprint density at radius 3 is 2.82 bits per heavy atom. The van der Waals surface area contributed by atoms with Crippen molar-refractivity contribution in [3.63, 3.8) is 0 Å². The molecule has 1 heterocycles. The lowest BCUT2D eigenvalue weighted by Gasteiger charge is -2.23. The second-order valence-electron chi connectivity index (χ2n) is 6.13. The summed E-state index contributed by atoms with van der Waals surface area (Å²) in [4.78, 5) is 23.9. The molecule has 1 aliphatic heterocycles. The van der Waals surface area contributed by atoms with Crippen LogP contribution in [0.15, 0.2) is 42.5 Å². The van der Waals surface area contributed by atoms with E-state index in [0.29, 0.717) is 35.2 Å². The molecule has 28 heavy (non-hydrogen) atoms.